The minimum atomic E-state index is 0.438. The maximum atomic E-state index is 5.92. The van der Waals surface area contributed by atoms with E-state index in [-0.39, 0.29) is 0 Å². The third-order valence-electron chi connectivity index (χ3n) is 4.15. The van der Waals surface area contributed by atoms with Crippen LogP contribution in [0, 0.1) is 5.92 Å². The van der Waals surface area contributed by atoms with E-state index in [0.717, 1.165) is 24.7 Å². The van der Waals surface area contributed by atoms with Gasteiger partial charge in [-0.25, -0.2) is 0 Å². The van der Waals surface area contributed by atoms with E-state index < -0.39 is 0 Å². The molecule has 1 N–H and O–H groups in total. The molecule has 1 fully saturated rings. The summed E-state index contributed by atoms with van der Waals surface area (Å²) >= 11 is 0. The van der Waals surface area contributed by atoms with Gasteiger partial charge in [-0.05, 0) is 38.3 Å². The van der Waals surface area contributed by atoms with E-state index in [2.05, 4.69) is 43.6 Å². The molecule has 0 heterocycles. The normalized spacial score (nSPS) is 18.2. The number of hydrogen-bond acceptors (Lipinski definition) is 2. The molecule has 1 aliphatic rings. The van der Waals surface area contributed by atoms with Crippen LogP contribution < -0.4 is 10.1 Å². The highest BCUT2D eigenvalue weighted by Crippen LogP contribution is 2.37. The summed E-state index contributed by atoms with van der Waals surface area (Å²) in [5, 5.41) is 3.52. The molecule has 0 spiro atoms. The van der Waals surface area contributed by atoms with Gasteiger partial charge in [0, 0.05) is 11.6 Å². The van der Waals surface area contributed by atoms with E-state index in [1.807, 2.05) is 0 Å². The molecule has 106 valence electrons. The van der Waals surface area contributed by atoms with Crippen molar-refractivity contribution >= 4 is 0 Å². The van der Waals surface area contributed by atoms with Crippen molar-refractivity contribution in [3.63, 3.8) is 0 Å². The van der Waals surface area contributed by atoms with Gasteiger partial charge in [0.2, 0.25) is 0 Å². The summed E-state index contributed by atoms with van der Waals surface area (Å²) in [6, 6.07) is 8.97. The van der Waals surface area contributed by atoms with Crippen LogP contribution >= 0.6 is 0 Å². The molecule has 2 heteroatoms. The lowest BCUT2D eigenvalue weighted by Gasteiger charge is -2.31. The second-order valence-electron chi connectivity index (χ2n) is 5.55. The SMILES string of the molecule is CCCOc1ccccc1C(NC)C1CCCCC1. The largest absolute Gasteiger partial charge is 0.493 e. The molecule has 2 rings (SSSR count). The maximum absolute atomic E-state index is 5.92. The Bertz CT molecular complexity index is 371. The average molecular weight is 261 g/mol. The van der Waals surface area contributed by atoms with E-state index in [1.165, 1.54) is 37.7 Å². The Morgan fingerprint density at radius 3 is 2.63 bits per heavy atom. The monoisotopic (exact) mass is 261 g/mol. The molecule has 0 aliphatic heterocycles. The van der Waals surface area contributed by atoms with Gasteiger partial charge < -0.3 is 10.1 Å². The number of nitrogens with one attached hydrogen (secondary N) is 1. The highest BCUT2D eigenvalue weighted by atomic mass is 16.5. The van der Waals surface area contributed by atoms with Crippen molar-refractivity contribution in [2.75, 3.05) is 13.7 Å². The zero-order valence-corrected chi connectivity index (χ0v) is 12.3. The van der Waals surface area contributed by atoms with Crippen molar-refractivity contribution in [1.29, 1.82) is 0 Å². The smallest absolute Gasteiger partial charge is 0.124 e. The first-order chi connectivity index (χ1) is 9.36. The summed E-state index contributed by atoms with van der Waals surface area (Å²) in [6.45, 7) is 2.96. The lowest BCUT2D eigenvalue weighted by atomic mass is 9.81. The quantitative estimate of drug-likeness (QED) is 0.823. The van der Waals surface area contributed by atoms with Crippen molar-refractivity contribution < 1.29 is 4.74 Å². The summed E-state index contributed by atoms with van der Waals surface area (Å²) in [6.07, 6.45) is 7.89. The van der Waals surface area contributed by atoms with E-state index >= 15 is 0 Å². The molecule has 1 aromatic carbocycles. The third-order valence-corrected chi connectivity index (χ3v) is 4.15. The first-order valence-electron chi connectivity index (χ1n) is 7.75. The predicted octanol–water partition coefficient (Wildman–Crippen LogP) is 4.32. The molecule has 0 bridgehead atoms. The fraction of sp³-hybridized carbons (Fsp3) is 0.647. The molecule has 1 saturated carbocycles. The molecular formula is C17H27NO. The maximum Gasteiger partial charge on any atom is 0.124 e. The summed E-state index contributed by atoms with van der Waals surface area (Å²) in [7, 11) is 2.08. The van der Waals surface area contributed by atoms with Crippen LogP contribution in [0.3, 0.4) is 0 Å². The Balaban J connectivity index is 2.16. The second-order valence-corrected chi connectivity index (χ2v) is 5.55. The first-order valence-corrected chi connectivity index (χ1v) is 7.75. The van der Waals surface area contributed by atoms with Crippen molar-refractivity contribution in [3.8, 4) is 5.75 Å². The molecule has 0 radical (unpaired) electrons. The van der Waals surface area contributed by atoms with Crippen LogP contribution in [0.5, 0.6) is 5.75 Å². The molecule has 0 aromatic heterocycles. The van der Waals surface area contributed by atoms with Gasteiger partial charge in [-0.1, -0.05) is 44.4 Å². The molecular weight excluding hydrogens is 234 g/mol. The van der Waals surface area contributed by atoms with Crippen LogP contribution in [-0.2, 0) is 0 Å². The van der Waals surface area contributed by atoms with Gasteiger partial charge in [-0.15, -0.1) is 0 Å². The number of benzene rings is 1. The van der Waals surface area contributed by atoms with E-state index in [9.17, 15) is 0 Å². The van der Waals surface area contributed by atoms with Crippen LogP contribution in [-0.4, -0.2) is 13.7 Å². The number of ether oxygens (including phenoxy) is 1. The van der Waals surface area contributed by atoms with Crippen LogP contribution in [0.4, 0.5) is 0 Å². The van der Waals surface area contributed by atoms with Crippen LogP contribution in [0.1, 0.15) is 57.1 Å². The lowest BCUT2D eigenvalue weighted by Crippen LogP contribution is -2.27. The van der Waals surface area contributed by atoms with Crippen LogP contribution in [0.25, 0.3) is 0 Å². The molecule has 19 heavy (non-hydrogen) atoms. The summed E-state index contributed by atoms with van der Waals surface area (Å²) in [5.41, 5.74) is 1.34. The molecule has 1 aromatic rings. The van der Waals surface area contributed by atoms with Crippen LogP contribution in [0.2, 0.25) is 0 Å². The molecule has 0 amide bonds. The van der Waals surface area contributed by atoms with E-state index in [1.54, 1.807) is 0 Å². The highest BCUT2D eigenvalue weighted by molar-refractivity contribution is 5.36. The van der Waals surface area contributed by atoms with Crippen LogP contribution in [0.15, 0.2) is 24.3 Å². The van der Waals surface area contributed by atoms with Crippen molar-refractivity contribution in [2.24, 2.45) is 5.92 Å². The minimum absolute atomic E-state index is 0.438. The molecule has 1 atom stereocenters. The standard InChI is InChI=1S/C17H27NO/c1-3-13-19-16-12-8-7-11-15(16)17(18-2)14-9-5-4-6-10-14/h7-8,11-12,14,17-18H,3-6,9-10,13H2,1-2H3. The summed E-state index contributed by atoms with van der Waals surface area (Å²) < 4.78 is 5.92. The van der Waals surface area contributed by atoms with Gasteiger partial charge in [-0.3, -0.25) is 0 Å². The Kier molecular flexibility index (Phi) is 5.71. The second kappa shape index (κ2) is 7.54. The fourth-order valence-electron chi connectivity index (χ4n) is 3.19. The van der Waals surface area contributed by atoms with Gasteiger partial charge in [0.1, 0.15) is 5.75 Å². The van der Waals surface area contributed by atoms with Gasteiger partial charge in [-0.2, -0.15) is 0 Å². The zero-order valence-electron chi connectivity index (χ0n) is 12.3. The molecule has 0 saturated heterocycles. The Morgan fingerprint density at radius 1 is 1.21 bits per heavy atom. The van der Waals surface area contributed by atoms with Gasteiger partial charge in [0.15, 0.2) is 0 Å². The van der Waals surface area contributed by atoms with Crippen molar-refractivity contribution in [2.45, 2.75) is 51.5 Å². The molecule has 1 aliphatic carbocycles. The van der Waals surface area contributed by atoms with E-state index in [4.69, 9.17) is 4.74 Å². The summed E-state index contributed by atoms with van der Waals surface area (Å²) in [5.74, 6) is 1.82. The number of rotatable bonds is 6. The number of para-hydroxylation sites is 1. The topological polar surface area (TPSA) is 21.3 Å². The lowest BCUT2D eigenvalue weighted by molar-refractivity contribution is 0.266. The summed E-state index contributed by atoms with van der Waals surface area (Å²) in [4.78, 5) is 0. The molecule has 1 unspecified atom stereocenters. The van der Waals surface area contributed by atoms with Crippen molar-refractivity contribution in [1.82, 2.24) is 5.32 Å². The van der Waals surface area contributed by atoms with Gasteiger partial charge in [0.05, 0.1) is 6.61 Å². The number of hydrogen-bond donors (Lipinski definition) is 1. The Labute approximate surface area is 117 Å². The molecule has 2 nitrogen and oxygen atoms in total. The highest BCUT2D eigenvalue weighted by Gasteiger charge is 2.25. The van der Waals surface area contributed by atoms with Crippen molar-refractivity contribution in [3.05, 3.63) is 29.8 Å². The zero-order chi connectivity index (χ0) is 13.5. The van der Waals surface area contributed by atoms with Gasteiger partial charge >= 0.3 is 0 Å². The first kappa shape index (κ1) is 14.4. The third kappa shape index (κ3) is 3.73. The minimum Gasteiger partial charge on any atom is -0.493 e. The predicted molar refractivity (Wildman–Crippen MR) is 80.6 cm³/mol. The van der Waals surface area contributed by atoms with Gasteiger partial charge in [0.25, 0.3) is 0 Å². The Morgan fingerprint density at radius 2 is 1.95 bits per heavy atom. The fourth-order valence-corrected chi connectivity index (χ4v) is 3.19. The van der Waals surface area contributed by atoms with E-state index in [0.29, 0.717) is 6.04 Å². The average Bonchev–Trinajstić information content (AvgIpc) is 2.48. The Hall–Kier alpha value is -1.02.